The topological polar surface area (TPSA) is 128 Å². The predicted molar refractivity (Wildman–Crippen MR) is 123 cm³/mol. The highest BCUT2D eigenvalue weighted by Gasteiger charge is 2.28. The monoisotopic (exact) mass is 483 g/mol. The normalized spacial score (nSPS) is 14.8. The third-order valence-electron chi connectivity index (χ3n) is 5.06. The first kappa shape index (κ1) is 23.1. The number of fused-ring (bicyclic) bond motifs is 1. The molecule has 34 heavy (non-hydrogen) atoms. The lowest BCUT2D eigenvalue weighted by Crippen LogP contribution is -2.45. The zero-order chi connectivity index (χ0) is 24.1. The molecule has 0 aliphatic carbocycles. The average Bonchev–Trinajstić information content (AvgIpc) is 2.86. The number of benzene rings is 3. The molecule has 3 aromatic rings. The smallest absolute Gasteiger partial charge is 0.269 e. The van der Waals surface area contributed by atoms with E-state index in [0.717, 1.165) is 4.31 Å². The Morgan fingerprint density at radius 3 is 2.32 bits per heavy atom. The molecule has 10 nitrogen and oxygen atoms in total. The van der Waals surface area contributed by atoms with E-state index < -0.39 is 33.5 Å². The van der Waals surface area contributed by atoms with Crippen LogP contribution in [0.1, 0.15) is 0 Å². The third-order valence-corrected chi connectivity index (χ3v) is 6.85. The van der Waals surface area contributed by atoms with Crippen LogP contribution in [0.5, 0.6) is 11.5 Å². The molecule has 0 aromatic heterocycles. The lowest BCUT2D eigenvalue weighted by Gasteiger charge is -2.27. The van der Waals surface area contributed by atoms with Crippen molar-refractivity contribution < 1.29 is 27.6 Å². The van der Waals surface area contributed by atoms with Gasteiger partial charge in [0.25, 0.3) is 15.7 Å². The van der Waals surface area contributed by atoms with Gasteiger partial charge in [-0.05, 0) is 36.4 Å². The average molecular weight is 484 g/mol. The number of nitrogens with one attached hydrogen (secondary N) is 1. The van der Waals surface area contributed by atoms with Crippen LogP contribution in [0.15, 0.2) is 83.8 Å². The standard InChI is InChI=1S/C23H21N3O7S/c27-23(24-14-19-16-32-21-8-4-5-9-22(21)33-19)15-25(17-10-12-18(13-11-17)26(28)29)34(30,31)20-6-2-1-3-7-20/h1-13,19H,14-16H2,(H,24,27)/t19-/m0/s1. The highest BCUT2D eigenvalue weighted by atomic mass is 32.2. The minimum absolute atomic E-state index is 0.0122. The van der Waals surface area contributed by atoms with E-state index in [1.165, 1.54) is 36.4 Å². The van der Waals surface area contributed by atoms with Gasteiger partial charge < -0.3 is 14.8 Å². The van der Waals surface area contributed by atoms with E-state index in [4.69, 9.17) is 9.47 Å². The summed E-state index contributed by atoms with van der Waals surface area (Å²) in [4.78, 5) is 23.1. The molecule has 0 saturated heterocycles. The first-order chi connectivity index (χ1) is 16.3. The van der Waals surface area contributed by atoms with E-state index in [9.17, 15) is 23.3 Å². The first-order valence-corrected chi connectivity index (χ1v) is 11.8. The maximum Gasteiger partial charge on any atom is 0.269 e. The van der Waals surface area contributed by atoms with Gasteiger partial charge in [0.15, 0.2) is 11.5 Å². The van der Waals surface area contributed by atoms with E-state index in [-0.39, 0.29) is 29.4 Å². The van der Waals surface area contributed by atoms with Gasteiger partial charge >= 0.3 is 0 Å². The van der Waals surface area contributed by atoms with Crippen molar-refractivity contribution in [2.75, 3.05) is 24.0 Å². The number of sulfonamides is 1. The largest absolute Gasteiger partial charge is 0.486 e. The van der Waals surface area contributed by atoms with Crippen LogP contribution in [-0.2, 0) is 14.8 Å². The number of hydrogen-bond acceptors (Lipinski definition) is 7. The van der Waals surface area contributed by atoms with Gasteiger partial charge in [-0.3, -0.25) is 19.2 Å². The summed E-state index contributed by atoms with van der Waals surface area (Å²) in [5.41, 5.74) is -0.0734. The van der Waals surface area contributed by atoms with Gasteiger partial charge in [0.05, 0.1) is 22.1 Å². The number of ether oxygens (including phenoxy) is 2. The number of non-ortho nitro benzene ring substituents is 1. The quantitative estimate of drug-likeness (QED) is 0.385. The molecule has 1 aliphatic heterocycles. The molecule has 176 valence electrons. The van der Waals surface area contributed by atoms with Crippen molar-refractivity contribution in [3.05, 3.63) is 89.0 Å². The molecule has 1 amide bonds. The molecule has 0 unspecified atom stereocenters. The molecule has 1 heterocycles. The Bertz CT molecular complexity index is 1280. The Morgan fingerprint density at radius 2 is 1.65 bits per heavy atom. The molecule has 1 N–H and O–H groups in total. The van der Waals surface area contributed by atoms with E-state index in [1.54, 1.807) is 36.4 Å². The Balaban J connectivity index is 1.50. The molecule has 4 rings (SSSR count). The van der Waals surface area contributed by atoms with Crippen LogP contribution in [0.4, 0.5) is 11.4 Å². The Morgan fingerprint density at radius 1 is 1.00 bits per heavy atom. The number of nitro benzene ring substituents is 1. The fourth-order valence-electron chi connectivity index (χ4n) is 3.35. The zero-order valence-corrected chi connectivity index (χ0v) is 18.7. The summed E-state index contributed by atoms with van der Waals surface area (Å²) in [6, 6.07) is 19.8. The second-order valence-corrected chi connectivity index (χ2v) is 9.26. The van der Waals surface area contributed by atoms with Gasteiger partial charge in [-0.1, -0.05) is 30.3 Å². The van der Waals surface area contributed by atoms with Gasteiger partial charge in [-0.2, -0.15) is 0 Å². The van der Waals surface area contributed by atoms with E-state index in [0.29, 0.717) is 11.5 Å². The third kappa shape index (κ3) is 5.09. The summed E-state index contributed by atoms with van der Waals surface area (Å²) in [7, 11) is -4.12. The Hall–Kier alpha value is -4.12. The minimum atomic E-state index is -4.12. The Kier molecular flexibility index (Phi) is 6.64. The molecule has 0 fully saturated rings. The van der Waals surface area contributed by atoms with Crippen molar-refractivity contribution in [3.8, 4) is 11.5 Å². The van der Waals surface area contributed by atoms with Crippen molar-refractivity contribution >= 4 is 27.3 Å². The summed E-state index contributed by atoms with van der Waals surface area (Å²) in [6.45, 7) is -0.197. The SMILES string of the molecule is O=C(CN(c1ccc([N+](=O)[O-])cc1)S(=O)(=O)c1ccccc1)NC[C@H]1COc2ccccc2O1. The molecule has 0 radical (unpaired) electrons. The fraction of sp³-hybridized carbons (Fsp3) is 0.174. The van der Waals surface area contributed by atoms with Crippen LogP contribution in [0.2, 0.25) is 0 Å². The Labute approximate surface area is 195 Å². The van der Waals surface area contributed by atoms with E-state index in [2.05, 4.69) is 5.32 Å². The van der Waals surface area contributed by atoms with Crippen LogP contribution in [0.25, 0.3) is 0 Å². The van der Waals surface area contributed by atoms with Crippen LogP contribution >= 0.6 is 0 Å². The lowest BCUT2D eigenvalue weighted by atomic mass is 10.2. The number of hydrogen-bond donors (Lipinski definition) is 1. The number of amides is 1. The number of carbonyl (C=O) groups excluding carboxylic acids is 1. The van der Waals surface area contributed by atoms with Crippen LogP contribution < -0.4 is 19.1 Å². The highest BCUT2D eigenvalue weighted by Crippen LogP contribution is 2.30. The van der Waals surface area contributed by atoms with Gasteiger partial charge in [-0.15, -0.1) is 0 Å². The molecule has 0 bridgehead atoms. The van der Waals surface area contributed by atoms with Crippen molar-refractivity contribution in [1.82, 2.24) is 5.32 Å². The molecule has 3 aromatic carbocycles. The lowest BCUT2D eigenvalue weighted by molar-refractivity contribution is -0.384. The first-order valence-electron chi connectivity index (χ1n) is 10.3. The van der Waals surface area contributed by atoms with Crippen molar-refractivity contribution in [1.29, 1.82) is 0 Å². The van der Waals surface area contributed by atoms with Crippen molar-refractivity contribution in [2.45, 2.75) is 11.0 Å². The molecule has 0 spiro atoms. The van der Waals surface area contributed by atoms with Gasteiger partial charge in [0, 0.05) is 12.1 Å². The molecule has 0 saturated carbocycles. The number of carbonyl (C=O) groups is 1. The summed E-state index contributed by atoms with van der Waals surface area (Å²) < 4.78 is 38.9. The minimum Gasteiger partial charge on any atom is -0.486 e. The second kappa shape index (κ2) is 9.79. The van der Waals surface area contributed by atoms with Gasteiger partial charge in [0.1, 0.15) is 19.3 Å². The zero-order valence-electron chi connectivity index (χ0n) is 17.9. The fourth-order valence-corrected chi connectivity index (χ4v) is 4.80. The number of anilines is 1. The van der Waals surface area contributed by atoms with E-state index >= 15 is 0 Å². The van der Waals surface area contributed by atoms with Crippen LogP contribution in [0, 0.1) is 10.1 Å². The van der Waals surface area contributed by atoms with Gasteiger partial charge in [0.2, 0.25) is 5.91 Å². The molecule has 11 heteroatoms. The summed E-state index contributed by atoms with van der Waals surface area (Å²) in [6.07, 6.45) is -0.447. The van der Waals surface area contributed by atoms with Crippen molar-refractivity contribution in [2.24, 2.45) is 0 Å². The summed E-state index contributed by atoms with van der Waals surface area (Å²) >= 11 is 0. The number of nitrogens with zero attached hydrogens (tertiary/aromatic N) is 2. The summed E-state index contributed by atoms with van der Waals surface area (Å²) in [5.74, 6) is 0.607. The maximum absolute atomic E-state index is 13.3. The van der Waals surface area contributed by atoms with Crippen molar-refractivity contribution in [3.63, 3.8) is 0 Å². The number of para-hydroxylation sites is 2. The van der Waals surface area contributed by atoms with Crippen LogP contribution in [-0.4, -0.2) is 45.0 Å². The summed E-state index contributed by atoms with van der Waals surface area (Å²) in [5, 5.41) is 13.7. The molecule has 1 atom stereocenters. The molecular formula is C23H21N3O7S. The maximum atomic E-state index is 13.3. The van der Waals surface area contributed by atoms with Gasteiger partial charge in [-0.25, -0.2) is 8.42 Å². The predicted octanol–water partition coefficient (Wildman–Crippen LogP) is 2.75. The van der Waals surface area contributed by atoms with E-state index in [1.807, 2.05) is 6.07 Å². The number of rotatable bonds is 8. The highest BCUT2D eigenvalue weighted by molar-refractivity contribution is 7.92. The second-order valence-electron chi connectivity index (χ2n) is 7.40. The molecule has 1 aliphatic rings. The molecular weight excluding hydrogens is 462 g/mol. The number of nitro groups is 1. The van der Waals surface area contributed by atoms with Crippen LogP contribution in [0.3, 0.4) is 0 Å².